The van der Waals surface area contributed by atoms with Gasteiger partial charge >= 0.3 is 0 Å². The van der Waals surface area contributed by atoms with Gasteiger partial charge in [-0.2, -0.15) is 5.01 Å². The summed E-state index contributed by atoms with van der Waals surface area (Å²) in [5.41, 5.74) is 0. The Kier molecular flexibility index (Phi) is 4.54. The molecule has 2 heterocycles. The van der Waals surface area contributed by atoms with Gasteiger partial charge in [0.05, 0.1) is 4.91 Å². The van der Waals surface area contributed by atoms with E-state index >= 15 is 0 Å². The average molecular weight is 353 g/mol. The van der Waals surface area contributed by atoms with Crippen molar-refractivity contribution in [3.8, 4) is 0 Å². The monoisotopic (exact) mass is 352 g/mol. The maximum atomic E-state index is 12.3. The van der Waals surface area contributed by atoms with Gasteiger partial charge in [-0.3, -0.25) is 4.79 Å². The molecule has 1 aliphatic rings. The highest BCUT2D eigenvalue weighted by Crippen LogP contribution is 2.31. The van der Waals surface area contributed by atoms with Crippen LogP contribution in [0.15, 0.2) is 40.3 Å². The summed E-state index contributed by atoms with van der Waals surface area (Å²) in [7, 11) is 0. The number of hydrogen-bond donors (Lipinski definition) is 0. The van der Waals surface area contributed by atoms with Crippen molar-refractivity contribution in [3.05, 3.63) is 39.2 Å². The molecule has 1 amide bonds. The van der Waals surface area contributed by atoms with Gasteiger partial charge in [0.1, 0.15) is 0 Å². The number of allylic oxidation sites excluding steroid dienone is 1. The summed E-state index contributed by atoms with van der Waals surface area (Å²) >= 11 is 9.75. The van der Waals surface area contributed by atoms with Crippen molar-refractivity contribution in [2.45, 2.75) is 19.8 Å². The quantitative estimate of drug-likeness (QED) is 0.609. The zero-order valence-corrected chi connectivity index (χ0v) is 14.5. The lowest BCUT2D eigenvalue weighted by atomic mass is 10.3. The van der Waals surface area contributed by atoms with Gasteiger partial charge in [-0.1, -0.05) is 43.3 Å². The minimum atomic E-state index is -0.108. The smallest absolute Gasteiger partial charge is 0.266 e. The normalized spacial score (nSPS) is 17.2. The minimum absolute atomic E-state index is 0.108. The average Bonchev–Trinajstić information content (AvgIpc) is 3.00. The van der Waals surface area contributed by atoms with Crippen LogP contribution in [0.3, 0.4) is 0 Å². The van der Waals surface area contributed by atoms with Gasteiger partial charge in [0.15, 0.2) is 8.31 Å². The van der Waals surface area contributed by atoms with Gasteiger partial charge in [-0.15, -0.1) is 27.8 Å². The Morgan fingerprint density at radius 2 is 1.95 bits per heavy atom. The summed E-state index contributed by atoms with van der Waals surface area (Å²) < 4.78 is 3.69. The van der Waals surface area contributed by atoms with Gasteiger partial charge in [-0.05, 0) is 30.8 Å². The van der Waals surface area contributed by atoms with Gasteiger partial charge in [0, 0.05) is 9.40 Å². The first-order valence-corrected chi connectivity index (χ1v) is 9.34. The standard InChI is InChI=1S/C14H12N2OS4/c1-2-3-6-11-12(17)16(14(18)21-11)15-13-19-9-7-4-5-8-10(9)20-13/h4-8H,2-3H2,1H3. The number of fused-ring (bicyclic) bond motifs is 1. The Hall–Kier alpha value is -1.02. The number of thiocarbonyl (C=S) groups is 1. The topological polar surface area (TPSA) is 32.7 Å². The van der Waals surface area contributed by atoms with Crippen LogP contribution < -0.4 is 3.98 Å². The zero-order chi connectivity index (χ0) is 14.8. The third kappa shape index (κ3) is 3.11. The summed E-state index contributed by atoms with van der Waals surface area (Å²) in [5.74, 6) is -0.108. The SMILES string of the molecule is CCCC=C1SC(=S)N(N=c2sc3ccccc3s2)C1=O. The Morgan fingerprint density at radius 1 is 1.29 bits per heavy atom. The van der Waals surface area contributed by atoms with E-state index < -0.39 is 0 Å². The minimum Gasteiger partial charge on any atom is -0.266 e. The number of carbonyl (C=O) groups is 1. The Bertz CT molecular complexity index is 766. The molecule has 0 atom stereocenters. The number of benzene rings is 1. The van der Waals surface area contributed by atoms with E-state index in [0.717, 1.165) is 16.8 Å². The zero-order valence-electron chi connectivity index (χ0n) is 11.2. The maximum Gasteiger partial charge on any atom is 0.286 e. The van der Waals surface area contributed by atoms with E-state index in [4.69, 9.17) is 12.2 Å². The van der Waals surface area contributed by atoms with Crippen LogP contribution in [-0.2, 0) is 4.79 Å². The van der Waals surface area contributed by atoms with Crippen molar-refractivity contribution in [2.24, 2.45) is 5.10 Å². The van der Waals surface area contributed by atoms with Crippen molar-refractivity contribution in [1.82, 2.24) is 5.01 Å². The molecule has 0 radical (unpaired) electrons. The molecule has 0 N–H and O–H groups in total. The van der Waals surface area contributed by atoms with Crippen LogP contribution in [-0.4, -0.2) is 15.2 Å². The molecule has 1 aromatic heterocycles. The predicted molar refractivity (Wildman–Crippen MR) is 95.3 cm³/mol. The summed E-state index contributed by atoms with van der Waals surface area (Å²) in [6.07, 6.45) is 3.85. The van der Waals surface area contributed by atoms with Crippen molar-refractivity contribution in [3.63, 3.8) is 0 Å². The number of unbranched alkanes of at least 4 members (excludes halogenated alkanes) is 1. The number of amides is 1. The second-order valence-corrected chi connectivity index (χ2v) is 8.35. The van der Waals surface area contributed by atoms with E-state index in [1.165, 1.54) is 26.2 Å². The lowest BCUT2D eigenvalue weighted by Crippen LogP contribution is -2.23. The second kappa shape index (κ2) is 6.39. The summed E-state index contributed by atoms with van der Waals surface area (Å²) in [5, 5.41) is 5.78. The molecule has 0 aliphatic carbocycles. The van der Waals surface area contributed by atoms with E-state index in [0.29, 0.717) is 9.23 Å². The maximum absolute atomic E-state index is 12.3. The molecule has 1 saturated heterocycles. The molecule has 1 aliphatic heterocycles. The summed E-state index contributed by atoms with van der Waals surface area (Å²) in [6, 6.07) is 8.12. The first-order chi connectivity index (χ1) is 10.2. The second-order valence-electron chi connectivity index (χ2n) is 4.36. The van der Waals surface area contributed by atoms with Crippen molar-refractivity contribution in [2.75, 3.05) is 0 Å². The highest BCUT2D eigenvalue weighted by atomic mass is 32.2. The van der Waals surface area contributed by atoms with Crippen LogP contribution in [0.5, 0.6) is 0 Å². The van der Waals surface area contributed by atoms with Crippen molar-refractivity contribution >= 4 is 66.3 Å². The molecule has 0 unspecified atom stereocenters. The number of carbonyl (C=O) groups excluding carboxylic acids is 1. The number of rotatable bonds is 3. The molecule has 0 bridgehead atoms. The summed E-state index contributed by atoms with van der Waals surface area (Å²) in [4.78, 5) is 13.0. The van der Waals surface area contributed by atoms with E-state index in [2.05, 4.69) is 24.2 Å². The Labute approximate surface area is 140 Å². The van der Waals surface area contributed by atoms with E-state index in [-0.39, 0.29) is 5.91 Å². The molecule has 0 spiro atoms. The fourth-order valence-electron chi connectivity index (χ4n) is 1.81. The van der Waals surface area contributed by atoms with Crippen LogP contribution in [0.25, 0.3) is 9.40 Å². The molecule has 1 aromatic carbocycles. The van der Waals surface area contributed by atoms with Gasteiger partial charge < -0.3 is 0 Å². The number of thioether (sulfide) groups is 1. The van der Waals surface area contributed by atoms with Crippen LogP contribution in [0.1, 0.15) is 19.8 Å². The van der Waals surface area contributed by atoms with Gasteiger partial charge in [0.25, 0.3) is 5.91 Å². The largest absolute Gasteiger partial charge is 0.286 e. The molecular weight excluding hydrogens is 340 g/mol. The van der Waals surface area contributed by atoms with Crippen LogP contribution in [0, 0.1) is 0 Å². The molecular formula is C14H12N2OS4. The fraction of sp³-hybridized carbons (Fsp3) is 0.214. The molecule has 0 saturated carbocycles. The van der Waals surface area contributed by atoms with E-state index in [1.54, 1.807) is 22.7 Å². The van der Waals surface area contributed by atoms with E-state index in [1.807, 2.05) is 18.2 Å². The third-order valence-electron chi connectivity index (χ3n) is 2.82. The highest BCUT2D eigenvalue weighted by molar-refractivity contribution is 8.26. The van der Waals surface area contributed by atoms with Crippen LogP contribution in [0.4, 0.5) is 0 Å². The van der Waals surface area contributed by atoms with E-state index in [9.17, 15) is 4.79 Å². The van der Waals surface area contributed by atoms with Crippen LogP contribution >= 0.6 is 46.7 Å². The first-order valence-electron chi connectivity index (χ1n) is 6.49. The van der Waals surface area contributed by atoms with Gasteiger partial charge in [0.2, 0.25) is 0 Å². The van der Waals surface area contributed by atoms with Crippen LogP contribution in [0.2, 0.25) is 0 Å². The first kappa shape index (κ1) is 14.9. The third-order valence-corrected chi connectivity index (χ3v) is 6.44. The lowest BCUT2D eigenvalue weighted by Gasteiger charge is -2.04. The Morgan fingerprint density at radius 3 is 2.57 bits per heavy atom. The molecule has 3 nitrogen and oxygen atoms in total. The van der Waals surface area contributed by atoms with Crippen molar-refractivity contribution in [1.29, 1.82) is 0 Å². The van der Waals surface area contributed by atoms with Crippen molar-refractivity contribution < 1.29 is 4.79 Å². The lowest BCUT2D eigenvalue weighted by molar-refractivity contribution is -0.122. The fourth-order valence-corrected chi connectivity index (χ4v) is 5.18. The number of hydrogen-bond acceptors (Lipinski definition) is 6. The molecule has 7 heteroatoms. The number of nitrogens with zero attached hydrogens (tertiary/aromatic N) is 2. The molecule has 2 aromatic rings. The molecule has 3 rings (SSSR count). The summed E-state index contributed by atoms with van der Waals surface area (Å²) in [6.45, 7) is 2.08. The van der Waals surface area contributed by atoms with Gasteiger partial charge in [-0.25, -0.2) is 0 Å². The molecule has 21 heavy (non-hydrogen) atoms. The molecule has 108 valence electrons. The molecule has 1 fully saturated rings. The highest BCUT2D eigenvalue weighted by Gasteiger charge is 2.32. The predicted octanol–water partition coefficient (Wildman–Crippen LogP) is 4.32. The Balaban J connectivity index is 1.95.